The Bertz CT molecular complexity index is 517. The summed E-state index contributed by atoms with van der Waals surface area (Å²) < 4.78 is 10.8. The summed E-state index contributed by atoms with van der Waals surface area (Å²) in [6.45, 7) is 14.4. The Balaban J connectivity index is 0.00000363. The number of nitrogens with zero attached hydrogens (tertiary/aromatic N) is 3. The van der Waals surface area contributed by atoms with Crippen LogP contribution in [0.2, 0.25) is 0 Å². The van der Waals surface area contributed by atoms with E-state index in [4.69, 9.17) is 14.5 Å². The van der Waals surface area contributed by atoms with Gasteiger partial charge in [-0.2, -0.15) is 0 Å². The zero-order chi connectivity index (χ0) is 21.8. The molecule has 0 spiro atoms. The lowest BCUT2D eigenvalue weighted by molar-refractivity contribution is 0.00937. The second kappa shape index (κ2) is 15.7. The quantitative estimate of drug-likeness (QED) is 0.242. The van der Waals surface area contributed by atoms with Crippen LogP contribution >= 0.6 is 24.0 Å². The Morgan fingerprint density at radius 3 is 2.41 bits per heavy atom. The molecule has 2 aliphatic heterocycles. The molecule has 188 valence electrons. The van der Waals surface area contributed by atoms with Gasteiger partial charge in [0.05, 0.1) is 19.8 Å². The standard InChI is InChI=1S/C24H47N5O2.HI/c1-3-25-23(26-19-22-7-11-28(12-8-22)13-16-30-2)27-20-24(9-5-4-6-10-24)21-29-14-17-31-18-15-29;/h22H,3-21H2,1-2H3,(H2,25,26,27);1H. The first-order valence-electron chi connectivity index (χ1n) is 12.8. The summed E-state index contributed by atoms with van der Waals surface area (Å²) in [6.07, 6.45) is 9.24. The van der Waals surface area contributed by atoms with Gasteiger partial charge in [-0.25, -0.2) is 0 Å². The molecule has 0 aromatic carbocycles. The minimum Gasteiger partial charge on any atom is -0.383 e. The average Bonchev–Trinajstić information content (AvgIpc) is 2.81. The normalized spacial score (nSPS) is 23.5. The third-order valence-electron chi connectivity index (χ3n) is 7.37. The minimum absolute atomic E-state index is 0. The molecule has 0 unspecified atom stereocenters. The molecule has 3 rings (SSSR count). The Hall–Kier alpha value is -0.160. The second-order valence-corrected chi connectivity index (χ2v) is 9.80. The number of aliphatic imine (C=N–C) groups is 1. The molecule has 8 heteroatoms. The molecular weight excluding hydrogens is 517 g/mol. The SMILES string of the molecule is CCNC(=NCC1(CN2CCOCC2)CCCCC1)NCC1CCN(CCOC)CC1.I. The molecule has 0 radical (unpaired) electrons. The smallest absolute Gasteiger partial charge is 0.191 e. The number of ether oxygens (including phenoxy) is 2. The van der Waals surface area contributed by atoms with Crippen molar-refractivity contribution in [3.8, 4) is 0 Å². The molecule has 32 heavy (non-hydrogen) atoms. The van der Waals surface area contributed by atoms with Crippen LogP contribution in [0.25, 0.3) is 0 Å². The highest BCUT2D eigenvalue weighted by molar-refractivity contribution is 14.0. The minimum atomic E-state index is 0. The number of hydrogen-bond acceptors (Lipinski definition) is 5. The summed E-state index contributed by atoms with van der Waals surface area (Å²) in [4.78, 5) is 10.3. The molecule has 2 N–H and O–H groups in total. The maximum absolute atomic E-state index is 5.57. The number of halogens is 1. The molecule has 0 atom stereocenters. The van der Waals surface area contributed by atoms with Crippen molar-refractivity contribution < 1.29 is 9.47 Å². The molecule has 1 saturated carbocycles. The monoisotopic (exact) mass is 565 g/mol. The van der Waals surface area contributed by atoms with Crippen LogP contribution in [0.3, 0.4) is 0 Å². The van der Waals surface area contributed by atoms with E-state index in [0.717, 1.165) is 71.0 Å². The Labute approximate surface area is 213 Å². The fourth-order valence-electron chi connectivity index (χ4n) is 5.37. The van der Waals surface area contributed by atoms with Crippen LogP contribution in [0, 0.1) is 11.3 Å². The summed E-state index contributed by atoms with van der Waals surface area (Å²) in [5.74, 6) is 1.75. The van der Waals surface area contributed by atoms with Crippen molar-refractivity contribution in [1.29, 1.82) is 0 Å². The number of piperidine rings is 1. The summed E-state index contributed by atoms with van der Waals surface area (Å²) in [5.41, 5.74) is 0.338. The van der Waals surface area contributed by atoms with Crippen LogP contribution in [0.1, 0.15) is 51.9 Å². The first-order chi connectivity index (χ1) is 15.2. The van der Waals surface area contributed by atoms with Crippen molar-refractivity contribution in [2.24, 2.45) is 16.3 Å². The summed E-state index contributed by atoms with van der Waals surface area (Å²) in [6, 6.07) is 0. The third kappa shape index (κ3) is 9.60. The maximum atomic E-state index is 5.57. The van der Waals surface area contributed by atoms with Crippen LogP contribution in [0.5, 0.6) is 0 Å². The van der Waals surface area contributed by atoms with Crippen molar-refractivity contribution in [3.63, 3.8) is 0 Å². The molecule has 2 saturated heterocycles. The van der Waals surface area contributed by atoms with Crippen LogP contribution in [-0.2, 0) is 9.47 Å². The molecule has 0 amide bonds. The number of nitrogens with one attached hydrogen (secondary N) is 2. The predicted molar refractivity (Wildman–Crippen MR) is 143 cm³/mol. The number of rotatable bonds is 10. The van der Waals surface area contributed by atoms with Crippen molar-refractivity contribution in [3.05, 3.63) is 0 Å². The molecule has 0 aromatic heterocycles. The van der Waals surface area contributed by atoms with Gasteiger partial charge in [0.15, 0.2) is 5.96 Å². The van der Waals surface area contributed by atoms with Crippen LogP contribution in [0.4, 0.5) is 0 Å². The van der Waals surface area contributed by atoms with Gasteiger partial charge in [-0.05, 0) is 51.6 Å². The lowest BCUT2D eigenvalue weighted by atomic mass is 9.73. The molecule has 7 nitrogen and oxygen atoms in total. The van der Waals surface area contributed by atoms with Gasteiger partial charge in [-0.3, -0.25) is 9.89 Å². The number of guanidine groups is 1. The van der Waals surface area contributed by atoms with E-state index in [1.807, 2.05) is 0 Å². The Morgan fingerprint density at radius 1 is 1.03 bits per heavy atom. The van der Waals surface area contributed by atoms with Gasteiger partial charge in [0.25, 0.3) is 0 Å². The molecule has 3 fully saturated rings. The van der Waals surface area contributed by atoms with E-state index in [2.05, 4.69) is 27.4 Å². The molecular formula is C24H48IN5O2. The third-order valence-corrected chi connectivity index (χ3v) is 7.37. The van der Waals surface area contributed by atoms with Crippen molar-refractivity contribution >= 4 is 29.9 Å². The fourth-order valence-corrected chi connectivity index (χ4v) is 5.37. The van der Waals surface area contributed by atoms with Gasteiger partial charge in [0.1, 0.15) is 0 Å². The maximum Gasteiger partial charge on any atom is 0.191 e. The van der Waals surface area contributed by atoms with E-state index in [1.54, 1.807) is 7.11 Å². The van der Waals surface area contributed by atoms with E-state index < -0.39 is 0 Å². The van der Waals surface area contributed by atoms with Crippen LogP contribution in [0.15, 0.2) is 4.99 Å². The summed E-state index contributed by atoms with van der Waals surface area (Å²) in [7, 11) is 1.79. The topological polar surface area (TPSA) is 61.4 Å². The molecule has 0 aromatic rings. The van der Waals surface area contributed by atoms with Gasteiger partial charge in [0.2, 0.25) is 0 Å². The highest BCUT2D eigenvalue weighted by atomic mass is 127. The lowest BCUT2D eigenvalue weighted by Crippen LogP contribution is -2.47. The van der Waals surface area contributed by atoms with Crippen molar-refractivity contribution in [2.75, 3.05) is 85.8 Å². The van der Waals surface area contributed by atoms with Gasteiger partial charge in [0, 0.05) is 58.3 Å². The summed E-state index contributed by atoms with van der Waals surface area (Å²) in [5, 5.41) is 7.17. The zero-order valence-electron chi connectivity index (χ0n) is 20.6. The fraction of sp³-hybridized carbons (Fsp3) is 0.958. The molecule has 1 aliphatic carbocycles. The number of morpholine rings is 1. The predicted octanol–water partition coefficient (Wildman–Crippen LogP) is 2.80. The molecule has 3 aliphatic rings. The van der Waals surface area contributed by atoms with E-state index in [0.29, 0.717) is 5.41 Å². The van der Waals surface area contributed by atoms with Crippen molar-refractivity contribution in [2.45, 2.75) is 51.9 Å². The van der Waals surface area contributed by atoms with Gasteiger partial charge < -0.3 is 25.0 Å². The van der Waals surface area contributed by atoms with Crippen LogP contribution in [-0.4, -0.2) is 102 Å². The van der Waals surface area contributed by atoms with E-state index in [-0.39, 0.29) is 24.0 Å². The molecule has 0 bridgehead atoms. The zero-order valence-corrected chi connectivity index (χ0v) is 22.9. The van der Waals surface area contributed by atoms with Gasteiger partial charge in [-0.15, -0.1) is 24.0 Å². The first kappa shape index (κ1) is 28.1. The highest BCUT2D eigenvalue weighted by Gasteiger charge is 2.34. The molecule has 2 heterocycles. The Morgan fingerprint density at radius 2 is 1.75 bits per heavy atom. The van der Waals surface area contributed by atoms with Gasteiger partial charge in [-0.1, -0.05) is 19.3 Å². The van der Waals surface area contributed by atoms with E-state index in [1.165, 1.54) is 64.6 Å². The van der Waals surface area contributed by atoms with Crippen LogP contribution < -0.4 is 10.6 Å². The lowest BCUT2D eigenvalue weighted by Gasteiger charge is -2.41. The number of likely N-dealkylation sites (tertiary alicyclic amines) is 1. The number of hydrogen-bond donors (Lipinski definition) is 2. The average molecular weight is 566 g/mol. The second-order valence-electron chi connectivity index (χ2n) is 9.80. The Kier molecular flexibility index (Phi) is 13.8. The first-order valence-corrected chi connectivity index (χ1v) is 12.8. The summed E-state index contributed by atoms with van der Waals surface area (Å²) >= 11 is 0. The van der Waals surface area contributed by atoms with Gasteiger partial charge >= 0.3 is 0 Å². The van der Waals surface area contributed by atoms with E-state index >= 15 is 0 Å². The largest absolute Gasteiger partial charge is 0.383 e. The number of methoxy groups -OCH3 is 1. The highest BCUT2D eigenvalue weighted by Crippen LogP contribution is 2.37. The van der Waals surface area contributed by atoms with Crippen molar-refractivity contribution in [1.82, 2.24) is 20.4 Å². The van der Waals surface area contributed by atoms with E-state index in [9.17, 15) is 0 Å².